The van der Waals surface area contributed by atoms with Crippen molar-refractivity contribution in [3.8, 4) is 0 Å². The van der Waals surface area contributed by atoms with Crippen LogP contribution in [0.15, 0.2) is 60.8 Å². The average molecular weight is 783 g/mol. The van der Waals surface area contributed by atoms with Crippen LogP contribution in [0.4, 0.5) is 0 Å². The third kappa shape index (κ3) is 42.3. The Hall–Kier alpha value is -2.89. The van der Waals surface area contributed by atoms with Gasteiger partial charge in [-0.05, 0) is 57.8 Å². The zero-order valence-corrected chi connectivity index (χ0v) is 36.6. The summed E-state index contributed by atoms with van der Waals surface area (Å²) >= 11 is 0. The molecule has 0 spiro atoms. The van der Waals surface area contributed by atoms with E-state index in [1.54, 1.807) is 0 Å². The van der Waals surface area contributed by atoms with Gasteiger partial charge < -0.3 is 14.2 Å². The second-order valence-electron chi connectivity index (χ2n) is 15.4. The predicted molar refractivity (Wildman–Crippen MR) is 238 cm³/mol. The zero-order chi connectivity index (χ0) is 40.8. The molecule has 1 atom stereocenters. The van der Waals surface area contributed by atoms with Crippen molar-refractivity contribution < 1.29 is 28.6 Å². The second kappa shape index (κ2) is 44.8. The van der Waals surface area contributed by atoms with Gasteiger partial charge in [0.25, 0.3) is 0 Å². The van der Waals surface area contributed by atoms with E-state index in [1.165, 1.54) is 77.0 Å². The molecule has 0 saturated heterocycles. The fraction of sp³-hybridized carbons (Fsp3) is 0.740. The molecule has 322 valence electrons. The van der Waals surface area contributed by atoms with E-state index in [2.05, 4.69) is 63.3 Å². The van der Waals surface area contributed by atoms with Gasteiger partial charge in [0.2, 0.25) is 0 Å². The number of rotatable bonds is 41. The van der Waals surface area contributed by atoms with Gasteiger partial charge in [0.05, 0.1) is 0 Å². The van der Waals surface area contributed by atoms with Crippen LogP contribution >= 0.6 is 0 Å². The quantitative estimate of drug-likeness (QED) is 0.0202. The lowest BCUT2D eigenvalue weighted by atomic mass is 10.0. The maximum absolute atomic E-state index is 12.7. The van der Waals surface area contributed by atoms with Gasteiger partial charge >= 0.3 is 17.9 Å². The van der Waals surface area contributed by atoms with Crippen LogP contribution in [0.3, 0.4) is 0 Å². The average Bonchev–Trinajstić information content (AvgIpc) is 3.19. The molecule has 0 aliphatic rings. The molecular weight excluding hydrogens is 697 g/mol. The Morgan fingerprint density at radius 1 is 0.375 bits per heavy atom. The maximum Gasteiger partial charge on any atom is 0.306 e. The molecule has 1 unspecified atom stereocenters. The van der Waals surface area contributed by atoms with Crippen LogP contribution in [-0.2, 0) is 28.6 Å². The van der Waals surface area contributed by atoms with Gasteiger partial charge in [-0.1, -0.05) is 204 Å². The molecule has 6 heteroatoms. The van der Waals surface area contributed by atoms with E-state index >= 15 is 0 Å². The summed E-state index contributed by atoms with van der Waals surface area (Å²) in [6, 6.07) is 0. The Morgan fingerprint density at radius 2 is 0.732 bits per heavy atom. The molecule has 0 saturated carbocycles. The van der Waals surface area contributed by atoms with Crippen LogP contribution in [0.25, 0.3) is 0 Å². The van der Waals surface area contributed by atoms with Crippen LogP contribution in [-0.4, -0.2) is 37.2 Å². The SMILES string of the molecule is CC\C=C/C=C\C=C/C=C\CCCCCCCC(=O)OCC(COC(=O)CCCCCC/C=C\CCCC)OC(=O)CCCCCCCCCCCCCCC. The molecule has 0 heterocycles. The molecule has 0 bridgehead atoms. The molecule has 0 aliphatic heterocycles. The van der Waals surface area contributed by atoms with Crippen molar-refractivity contribution in [2.24, 2.45) is 0 Å². The summed E-state index contributed by atoms with van der Waals surface area (Å²) in [6.45, 7) is 6.42. The van der Waals surface area contributed by atoms with Gasteiger partial charge in [-0.2, -0.15) is 0 Å². The molecule has 0 rings (SSSR count). The summed E-state index contributed by atoms with van der Waals surface area (Å²) in [7, 11) is 0. The second-order valence-corrected chi connectivity index (χ2v) is 15.4. The van der Waals surface area contributed by atoms with Crippen LogP contribution in [0.1, 0.15) is 220 Å². The van der Waals surface area contributed by atoms with Crippen LogP contribution in [0.2, 0.25) is 0 Å². The number of carbonyl (C=O) groups is 3. The number of hydrogen-bond acceptors (Lipinski definition) is 6. The third-order valence-electron chi connectivity index (χ3n) is 9.85. The van der Waals surface area contributed by atoms with E-state index < -0.39 is 6.10 Å². The zero-order valence-electron chi connectivity index (χ0n) is 36.6. The fourth-order valence-corrected chi connectivity index (χ4v) is 6.31. The van der Waals surface area contributed by atoms with Gasteiger partial charge in [0.15, 0.2) is 6.10 Å². The van der Waals surface area contributed by atoms with Gasteiger partial charge in [-0.25, -0.2) is 0 Å². The first-order chi connectivity index (χ1) is 27.5. The summed E-state index contributed by atoms with van der Waals surface area (Å²) in [5, 5.41) is 0. The van der Waals surface area contributed by atoms with Crippen molar-refractivity contribution in [2.45, 2.75) is 226 Å². The Labute approximate surface area is 345 Å². The van der Waals surface area contributed by atoms with Crippen molar-refractivity contribution in [3.05, 3.63) is 60.8 Å². The van der Waals surface area contributed by atoms with Gasteiger partial charge in [-0.15, -0.1) is 0 Å². The summed E-state index contributed by atoms with van der Waals surface area (Å²) in [5.74, 6) is -0.924. The smallest absolute Gasteiger partial charge is 0.306 e. The molecule has 0 aliphatic carbocycles. The van der Waals surface area contributed by atoms with Crippen LogP contribution < -0.4 is 0 Å². The minimum Gasteiger partial charge on any atom is -0.462 e. The monoisotopic (exact) mass is 783 g/mol. The summed E-state index contributed by atoms with van der Waals surface area (Å²) in [4.78, 5) is 37.7. The Morgan fingerprint density at radius 3 is 1.20 bits per heavy atom. The number of esters is 3. The first-order valence-corrected chi connectivity index (χ1v) is 23.3. The normalized spacial score (nSPS) is 12.6. The fourth-order valence-electron chi connectivity index (χ4n) is 6.31. The third-order valence-corrected chi connectivity index (χ3v) is 9.85. The lowest BCUT2D eigenvalue weighted by Crippen LogP contribution is -2.30. The molecule has 0 aromatic carbocycles. The Bertz CT molecular complexity index is 1040. The molecule has 0 aromatic heterocycles. The highest BCUT2D eigenvalue weighted by molar-refractivity contribution is 5.71. The van der Waals surface area contributed by atoms with Gasteiger partial charge in [0.1, 0.15) is 13.2 Å². The number of unbranched alkanes of at least 4 members (excludes halogenated alkanes) is 23. The first-order valence-electron chi connectivity index (χ1n) is 23.3. The van der Waals surface area contributed by atoms with E-state index in [4.69, 9.17) is 14.2 Å². The van der Waals surface area contributed by atoms with Crippen molar-refractivity contribution in [1.82, 2.24) is 0 Å². The predicted octanol–water partition coefficient (Wildman–Crippen LogP) is 14.9. The van der Waals surface area contributed by atoms with E-state index in [0.717, 1.165) is 103 Å². The molecule has 0 amide bonds. The highest BCUT2D eigenvalue weighted by atomic mass is 16.6. The number of allylic oxidation sites excluding steroid dienone is 10. The van der Waals surface area contributed by atoms with Crippen molar-refractivity contribution in [1.29, 1.82) is 0 Å². The molecule has 56 heavy (non-hydrogen) atoms. The largest absolute Gasteiger partial charge is 0.462 e. The maximum atomic E-state index is 12.7. The number of ether oxygens (including phenoxy) is 3. The Kier molecular flexibility index (Phi) is 42.5. The lowest BCUT2D eigenvalue weighted by Gasteiger charge is -2.18. The van der Waals surface area contributed by atoms with Crippen molar-refractivity contribution in [3.63, 3.8) is 0 Å². The summed E-state index contributed by atoms with van der Waals surface area (Å²) in [6.07, 6.45) is 53.4. The molecule has 6 nitrogen and oxygen atoms in total. The molecule has 0 N–H and O–H groups in total. The van der Waals surface area contributed by atoms with Crippen LogP contribution in [0.5, 0.6) is 0 Å². The van der Waals surface area contributed by atoms with E-state index in [0.29, 0.717) is 19.3 Å². The molecule has 0 fully saturated rings. The van der Waals surface area contributed by atoms with Crippen LogP contribution in [0, 0.1) is 0 Å². The highest BCUT2D eigenvalue weighted by Gasteiger charge is 2.19. The van der Waals surface area contributed by atoms with Crippen molar-refractivity contribution in [2.75, 3.05) is 13.2 Å². The highest BCUT2D eigenvalue weighted by Crippen LogP contribution is 2.14. The van der Waals surface area contributed by atoms with E-state index in [-0.39, 0.29) is 31.1 Å². The van der Waals surface area contributed by atoms with E-state index in [1.807, 2.05) is 18.2 Å². The first kappa shape index (κ1) is 53.1. The van der Waals surface area contributed by atoms with Gasteiger partial charge in [0, 0.05) is 19.3 Å². The van der Waals surface area contributed by atoms with Gasteiger partial charge in [-0.3, -0.25) is 14.4 Å². The molecular formula is C50H86O6. The molecule has 0 aromatic rings. The standard InChI is InChI=1S/C50H86O6/c1-4-7-10-13-16-19-22-24-25-27-28-31-34-37-40-43-49(52)55-46-47(45-54-48(51)42-39-36-33-30-21-18-15-12-9-6-3)56-50(53)44-41-38-35-32-29-26-23-20-17-14-11-8-5-2/h7,10,13,15-16,18-19,22,24-25,47H,4-6,8-9,11-12,14,17,20-21,23,26-46H2,1-3H3/b10-7-,16-13-,18-15-,22-19-,25-24-. The Balaban J connectivity index is 4.41. The summed E-state index contributed by atoms with van der Waals surface area (Å²) < 4.78 is 16.7. The number of hydrogen-bond donors (Lipinski definition) is 0. The number of carbonyl (C=O) groups excluding carboxylic acids is 3. The molecule has 0 radical (unpaired) electrons. The lowest BCUT2D eigenvalue weighted by molar-refractivity contribution is -0.167. The topological polar surface area (TPSA) is 78.9 Å². The summed E-state index contributed by atoms with van der Waals surface area (Å²) in [5.41, 5.74) is 0. The minimum atomic E-state index is -0.784. The minimum absolute atomic E-state index is 0.0871. The van der Waals surface area contributed by atoms with E-state index in [9.17, 15) is 14.4 Å². The van der Waals surface area contributed by atoms with Crippen molar-refractivity contribution >= 4 is 17.9 Å².